The zero-order valence-corrected chi connectivity index (χ0v) is 14.1. The van der Waals surface area contributed by atoms with E-state index in [-0.39, 0.29) is 0 Å². The highest BCUT2D eigenvalue weighted by Gasteiger charge is 2.22. The Balaban J connectivity index is 2.82. The van der Waals surface area contributed by atoms with Gasteiger partial charge in [-0.25, -0.2) is 9.59 Å². The second-order valence-corrected chi connectivity index (χ2v) is 5.97. The number of halogens is 2. The van der Waals surface area contributed by atoms with Gasteiger partial charge >= 0.3 is 12.0 Å². The van der Waals surface area contributed by atoms with E-state index in [1.165, 1.54) is 0 Å². The van der Waals surface area contributed by atoms with E-state index >= 15 is 0 Å². The molecule has 1 rings (SSSR count). The lowest BCUT2D eigenvalue weighted by Gasteiger charge is -2.15. The molecule has 1 aromatic carbocycles. The fraction of sp³-hybridized carbons (Fsp3) is 0.250. The number of urea groups is 1. The van der Waals surface area contributed by atoms with Gasteiger partial charge in [-0.15, -0.1) is 0 Å². The van der Waals surface area contributed by atoms with E-state index in [0.717, 1.165) is 5.56 Å². The number of primary amides is 1. The molecule has 0 radical (unpaired) electrons. The number of hydrogen-bond donors (Lipinski definition) is 4. The van der Waals surface area contributed by atoms with E-state index in [1.54, 1.807) is 12.1 Å². The van der Waals surface area contributed by atoms with Crippen LogP contribution in [0.2, 0.25) is 0 Å². The van der Waals surface area contributed by atoms with Crippen LogP contribution >= 0.6 is 31.9 Å². The number of amides is 3. The second-order valence-electron chi connectivity index (χ2n) is 4.26. The van der Waals surface area contributed by atoms with E-state index in [4.69, 9.17) is 10.8 Å². The summed E-state index contributed by atoms with van der Waals surface area (Å²) in [5.74, 6) is -2.16. The highest BCUT2D eigenvalue weighted by molar-refractivity contribution is 9.11. The summed E-state index contributed by atoms with van der Waals surface area (Å²) in [4.78, 5) is 33.5. The Bertz CT molecular complexity index is 569. The molecule has 1 unspecified atom stereocenters. The third-order valence-corrected chi connectivity index (χ3v) is 3.68. The molecule has 1 atom stereocenters. The highest BCUT2D eigenvalue weighted by atomic mass is 79.9. The molecule has 0 spiro atoms. The first-order chi connectivity index (χ1) is 9.70. The molecule has 0 saturated carbocycles. The van der Waals surface area contributed by atoms with Gasteiger partial charge in [0.05, 0.1) is 12.1 Å². The largest absolute Gasteiger partial charge is 0.480 e. The number of anilines is 1. The number of nitrogens with two attached hydrogens (primary N) is 1. The average Bonchev–Trinajstić information content (AvgIpc) is 2.32. The SMILES string of the molecule is Cc1cc(Br)c(NC(=O)NC(CC(N)=O)C(=O)O)c(Br)c1. The molecule has 3 amide bonds. The molecule has 0 saturated heterocycles. The number of carboxylic acid groups (broad SMARTS) is 1. The Labute approximate surface area is 137 Å². The van der Waals surface area contributed by atoms with Crippen molar-refractivity contribution in [2.75, 3.05) is 5.32 Å². The van der Waals surface area contributed by atoms with Gasteiger partial charge in [0.25, 0.3) is 0 Å². The number of nitrogens with one attached hydrogen (secondary N) is 2. The number of carbonyl (C=O) groups is 3. The van der Waals surface area contributed by atoms with E-state index in [9.17, 15) is 14.4 Å². The lowest BCUT2D eigenvalue weighted by molar-refractivity contribution is -0.140. The lowest BCUT2D eigenvalue weighted by atomic mass is 10.2. The summed E-state index contributed by atoms with van der Waals surface area (Å²) in [5.41, 5.74) is 6.35. The molecular formula is C12H13Br2N3O4. The van der Waals surface area contributed by atoms with E-state index in [1.807, 2.05) is 6.92 Å². The van der Waals surface area contributed by atoms with E-state index in [0.29, 0.717) is 14.6 Å². The zero-order chi connectivity index (χ0) is 16.2. The molecule has 5 N–H and O–H groups in total. The first kappa shape index (κ1) is 17.4. The summed E-state index contributed by atoms with van der Waals surface area (Å²) in [7, 11) is 0. The average molecular weight is 423 g/mol. The van der Waals surface area contributed by atoms with Crippen LogP contribution in [0.3, 0.4) is 0 Å². The number of aliphatic carboxylic acids is 1. The van der Waals surface area contributed by atoms with Crippen LogP contribution in [-0.4, -0.2) is 29.1 Å². The number of hydrogen-bond acceptors (Lipinski definition) is 3. The molecule has 21 heavy (non-hydrogen) atoms. The molecule has 7 nitrogen and oxygen atoms in total. The Morgan fingerprint density at radius 3 is 2.24 bits per heavy atom. The minimum absolute atomic E-state index is 0.446. The van der Waals surface area contributed by atoms with Crippen LogP contribution in [0.25, 0.3) is 0 Å². The molecule has 0 aliphatic rings. The highest BCUT2D eigenvalue weighted by Crippen LogP contribution is 2.32. The normalized spacial score (nSPS) is 11.6. The van der Waals surface area contributed by atoms with Gasteiger partial charge in [-0.2, -0.15) is 0 Å². The molecule has 0 aliphatic heterocycles. The minimum atomic E-state index is -1.38. The summed E-state index contributed by atoms with van der Waals surface area (Å²) >= 11 is 6.60. The maximum absolute atomic E-state index is 11.8. The van der Waals surface area contributed by atoms with Gasteiger partial charge < -0.3 is 21.5 Å². The Morgan fingerprint density at radius 1 is 1.29 bits per heavy atom. The summed E-state index contributed by atoms with van der Waals surface area (Å²) < 4.78 is 1.26. The van der Waals surface area contributed by atoms with Crippen LogP contribution in [0, 0.1) is 6.92 Å². The van der Waals surface area contributed by atoms with Gasteiger partial charge in [0.2, 0.25) is 5.91 Å². The molecule has 9 heteroatoms. The standard InChI is InChI=1S/C12H13Br2N3O4/c1-5-2-6(13)10(7(14)3-5)17-12(21)16-8(11(19)20)4-9(15)18/h2-3,8H,4H2,1H3,(H2,15,18)(H,19,20)(H2,16,17,21). The first-order valence-electron chi connectivity index (χ1n) is 5.75. The quantitative estimate of drug-likeness (QED) is 0.579. The molecule has 114 valence electrons. The van der Waals surface area contributed by atoms with Crippen LogP contribution < -0.4 is 16.4 Å². The van der Waals surface area contributed by atoms with Crippen molar-refractivity contribution in [3.63, 3.8) is 0 Å². The summed E-state index contributed by atoms with van der Waals surface area (Å²) in [6.45, 7) is 1.88. The second kappa shape index (κ2) is 7.41. The maximum atomic E-state index is 11.8. The van der Waals surface area contributed by atoms with Gasteiger partial charge in [0.15, 0.2) is 0 Å². The van der Waals surface area contributed by atoms with E-state index < -0.39 is 30.4 Å². The third-order valence-electron chi connectivity index (χ3n) is 2.43. The molecule has 0 fully saturated rings. The van der Waals surface area contributed by atoms with Crippen molar-refractivity contribution in [3.05, 3.63) is 26.6 Å². The summed E-state index contributed by atoms with van der Waals surface area (Å²) in [6.07, 6.45) is -0.487. The molecule has 0 aliphatic carbocycles. The number of carbonyl (C=O) groups excluding carboxylic acids is 2. The monoisotopic (exact) mass is 421 g/mol. The Kier molecular flexibility index (Phi) is 6.16. The molecular weight excluding hydrogens is 410 g/mol. The molecule has 0 heterocycles. The van der Waals surface area contributed by atoms with Gasteiger partial charge in [0, 0.05) is 8.95 Å². The lowest BCUT2D eigenvalue weighted by Crippen LogP contribution is -2.45. The van der Waals surface area contributed by atoms with Crippen LogP contribution in [0.4, 0.5) is 10.5 Å². The number of benzene rings is 1. The van der Waals surface area contributed by atoms with Crippen molar-refractivity contribution >= 4 is 55.5 Å². The Morgan fingerprint density at radius 2 is 1.81 bits per heavy atom. The van der Waals surface area contributed by atoms with Crippen molar-refractivity contribution in [1.82, 2.24) is 5.32 Å². The van der Waals surface area contributed by atoms with Crippen molar-refractivity contribution < 1.29 is 19.5 Å². The molecule has 0 aromatic heterocycles. The predicted molar refractivity (Wildman–Crippen MR) is 84.0 cm³/mol. The van der Waals surface area contributed by atoms with Gasteiger partial charge in [0.1, 0.15) is 6.04 Å². The fourth-order valence-corrected chi connectivity index (χ4v) is 3.14. The third kappa shape index (κ3) is 5.35. The maximum Gasteiger partial charge on any atom is 0.326 e. The van der Waals surface area contributed by atoms with E-state index in [2.05, 4.69) is 42.5 Å². The van der Waals surface area contributed by atoms with Gasteiger partial charge in [-0.3, -0.25) is 4.79 Å². The van der Waals surface area contributed by atoms with Crippen molar-refractivity contribution in [3.8, 4) is 0 Å². The first-order valence-corrected chi connectivity index (χ1v) is 7.33. The van der Waals surface area contributed by atoms with Crippen LogP contribution in [-0.2, 0) is 9.59 Å². The number of carboxylic acids is 1. The Hall–Kier alpha value is -1.61. The number of aryl methyl sites for hydroxylation is 1. The van der Waals surface area contributed by atoms with Crippen LogP contribution in [0.15, 0.2) is 21.1 Å². The van der Waals surface area contributed by atoms with Crippen molar-refractivity contribution in [2.45, 2.75) is 19.4 Å². The molecule has 1 aromatic rings. The topological polar surface area (TPSA) is 122 Å². The predicted octanol–water partition coefficient (Wildman–Crippen LogP) is 1.97. The van der Waals surface area contributed by atoms with Gasteiger partial charge in [-0.05, 0) is 56.5 Å². The van der Waals surface area contributed by atoms with Crippen LogP contribution in [0.5, 0.6) is 0 Å². The zero-order valence-electron chi connectivity index (χ0n) is 10.9. The summed E-state index contributed by atoms with van der Waals surface area (Å²) in [5, 5.41) is 13.6. The van der Waals surface area contributed by atoms with Crippen LogP contribution in [0.1, 0.15) is 12.0 Å². The summed E-state index contributed by atoms with van der Waals surface area (Å²) in [6, 6.07) is 1.44. The minimum Gasteiger partial charge on any atom is -0.480 e. The van der Waals surface area contributed by atoms with Crippen molar-refractivity contribution in [1.29, 1.82) is 0 Å². The van der Waals surface area contributed by atoms with Gasteiger partial charge in [-0.1, -0.05) is 0 Å². The smallest absolute Gasteiger partial charge is 0.326 e. The fourth-order valence-electron chi connectivity index (χ4n) is 1.53. The number of rotatable bonds is 5. The van der Waals surface area contributed by atoms with Crippen molar-refractivity contribution in [2.24, 2.45) is 5.73 Å². The molecule has 0 bridgehead atoms.